The number of hydrogen-bond acceptors (Lipinski definition) is 3. The van der Waals surface area contributed by atoms with Crippen LogP contribution in [0, 0.1) is 17.8 Å². The number of hydrogen-bond donors (Lipinski definition) is 2. The van der Waals surface area contributed by atoms with Gasteiger partial charge in [0.1, 0.15) is 0 Å². The molecule has 0 spiro atoms. The first-order chi connectivity index (χ1) is 11.5. The van der Waals surface area contributed by atoms with Gasteiger partial charge in [0.2, 0.25) is 11.8 Å². The molecule has 3 fully saturated rings. The number of carbonyl (C=O) groups excluding carboxylic acids is 2. The maximum absolute atomic E-state index is 12.5. The molecule has 136 valence electrons. The third kappa shape index (κ3) is 4.50. The number of amides is 2. The predicted octanol–water partition coefficient (Wildman–Crippen LogP) is 2.08. The average molecular weight is 336 g/mol. The lowest BCUT2D eigenvalue weighted by molar-refractivity contribution is -0.136. The Balaban J connectivity index is 1.39. The van der Waals surface area contributed by atoms with Gasteiger partial charge >= 0.3 is 0 Å². The molecule has 3 saturated carbocycles. The number of rotatable bonds is 6. The van der Waals surface area contributed by atoms with Crippen molar-refractivity contribution in [2.75, 3.05) is 13.6 Å². The van der Waals surface area contributed by atoms with Crippen LogP contribution >= 0.6 is 0 Å². The number of aliphatic hydroxyl groups excluding tert-OH is 1. The Kier molecular flexibility index (Phi) is 5.80. The summed E-state index contributed by atoms with van der Waals surface area (Å²) in [5, 5.41) is 13.2. The Morgan fingerprint density at radius 2 is 1.62 bits per heavy atom. The highest BCUT2D eigenvalue weighted by Gasteiger charge is 2.34. The summed E-state index contributed by atoms with van der Waals surface area (Å²) < 4.78 is 0. The molecule has 3 aliphatic rings. The lowest BCUT2D eigenvalue weighted by atomic mass is 9.85. The molecule has 0 saturated heterocycles. The van der Waals surface area contributed by atoms with E-state index in [9.17, 15) is 14.7 Å². The fourth-order valence-electron chi connectivity index (χ4n) is 4.30. The fourth-order valence-corrected chi connectivity index (χ4v) is 4.30. The highest BCUT2D eigenvalue weighted by atomic mass is 16.3. The van der Waals surface area contributed by atoms with E-state index in [1.165, 1.54) is 12.8 Å². The minimum Gasteiger partial charge on any atom is -0.391 e. The summed E-state index contributed by atoms with van der Waals surface area (Å²) in [7, 11) is 1.81. The quantitative estimate of drug-likeness (QED) is 0.780. The van der Waals surface area contributed by atoms with Crippen molar-refractivity contribution in [3.8, 4) is 0 Å². The lowest BCUT2D eigenvalue weighted by Crippen LogP contribution is -2.44. The molecule has 0 aromatic heterocycles. The molecule has 0 heterocycles. The molecule has 0 aromatic rings. The molecule has 0 bridgehead atoms. The molecule has 0 aromatic carbocycles. The van der Waals surface area contributed by atoms with Gasteiger partial charge in [-0.3, -0.25) is 9.59 Å². The molecule has 1 atom stereocenters. The largest absolute Gasteiger partial charge is 0.391 e. The fraction of sp³-hybridized carbons (Fsp3) is 0.895. The average Bonchev–Trinajstić information content (AvgIpc) is 3.29. The third-order valence-corrected chi connectivity index (χ3v) is 6.15. The van der Waals surface area contributed by atoms with Crippen LogP contribution in [-0.4, -0.2) is 47.6 Å². The van der Waals surface area contributed by atoms with Crippen molar-refractivity contribution in [1.82, 2.24) is 10.2 Å². The maximum Gasteiger partial charge on any atom is 0.225 e. The Bertz CT molecular complexity index is 450. The topological polar surface area (TPSA) is 69.6 Å². The van der Waals surface area contributed by atoms with Gasteiger partial charge in [-0.25, -0.2) is 0 Å². The minimum absolute atomic E-state index is 0.0565. The van der Waals surface area contributed by atoms with Crippen molar-refractivity contribution in [1.29, 1.82) is 0 Å². The van der Waals surface area contributed by atoms with E-state index >= 15 is 0 Å². The van der Waals surface area contributed by atoms with Crippen LogP contribution in [0.5, 0.6) is 0 Å². The number of nitrogens with one attached hydrogen (secondary N) is 1. The summed E-state index contributed by atoms with van der Waals surface area (Å²) in [5.41, 5.74) is 0. The van der Waals surface area contributed by atoms with Crippen molar-refractivity contribution in [3.63, 3.8) is 0 Å². The van der Waals surface area contributed by atoms with E-state index in [0.717, 1.165) is 51.4 Å². The number of carbonyl (C=O) groups is 2. The molecule has 1 unspecified atom stereocenters. The molecule has 3 rings (SSSR count). The molecule has 0 radical (unpaired) electrons. The van der Waals surface area contributed by atoms with Crippen LogP contribution in [0.25, 0.3) is 0 Å². The normalized spacial score (nSPS) is 29.2. The monoisotopic (exact) mass is 336 g/mol. The lowest BCUT2D eigenvalue weighted by Gasteiger charge is -2.32. The van der Waals surface area contributed by atoms with Gasteiger partial charge in [-0.05, 0) is 57.3 Å². The molecule has 5 heteroatoms. The Labute approximate surface area is 145 Å². The highest BCUT2D eigenvalue weighted by molar-refractivity contribution is 5.80. The first-order valence-electron chi connectivity index (χ1n) is 9.78. The van der Waals surface area contributed by atoms with Gasteiger partial charge < -0.3 is 15.3 Å². The Morgan fingerprint density at radius 1 is 1.00 bits per heavy atom. The van der Waals surface area contributed by atoms with Crippen LogP contribution in [0.2, 0.25) is 0 Å². The van der Waals surface area contributed by atoms with Crippen LogP contribution in [-0.2, 0) is 9.59 Å². The van der Waals surface area contributed by atoms with Gasteiger partial charge in [0, 0.05) is 31.5 Å². The summed E-state index contributed by atoms with van der Waals surface area (Å²) in [4.78, 5) is 26.5. The standard InChI is InChI=1S/C19H32N2O3/c1-21(12-17(22)13-6-7-13)19(24)15-8-10-16(11-9-15)20-18(23)14-4-2-3-5-14/h13-17,22H,2-12H2,1H3,(H,20,23). The van der Waals surface area contributed by atoms with Crippen molar-refractivity contribution in [2.45, 2.75) is 76.4 Å². The minimum atomic E-state index is -0.360. The second-order valence-corrected chi connectivity index (χ2v) is 8.16. The molecular weight excluding hydrogens is 304 g/mol. The van der Waals surface area contributed by atoms with E-state index in [4.69, 9.17) is 0 Å². The van der Waals surface area contributed by atoms with Crippen molar-refractivity contribution in [3.05, 3.63) is 0 Å². The first kappa shape index (κ1) is 17.7. The highest BCUT2D eigenvalue weighted by Crippen LogP contribution is 2.33. The number of likely N-dealkylation sites (N-methyl/N-ethyl adjacent to an activating group) is 1. The molecular formula is C19H32N2O3. The van der Waals surface area contributed by atoms with Crippen LogP contribution in [0.3, 0.4) is 0 Å². The van der Waals surface area contributed by atoms with Gasteiger partial charge in [0.25, 0.3) is 0 Å². The summed E-state index contributed by atoms with van der Waals surface area (Å²) >= 11 is 0. The third-order valence-electron chi connectivity index (χ3n) is 6.15. The van der Waals surface area contributed by atoms with Crippen molar-refractivity contribution < 1.29 is 14.7 Å². The molecule has 5 nitrogen and oxygen atoms in total. The number of aliphatic hydroxyl groups is 1. The second-order valence-electron chi connectivity index (χ2n) is 8.16. The van der Waals surface area contributed by atoms with E-state index in [2.05, 4.69) is 5.32 Å². The zero-order chi connectivity index (χ0) is 17.1. The first-order valence-corrected chi connectivity index (χ1v) is 9.78. The van der Waals surface area contributed by atoms with Gasteiger partial charge in [-0.15, -0.1) is 0 Å². The van der Waals surface area contributed by atoms with E-state index in [0.29, 0.717) is 12.5 Å². The SMILES string of the molecule is CN(CC(O)C1CC1)C(=O)C1CCC(NC(=O)C2CCCC2)CC1. The summed E-state index contributed by atoms with van der Waals surface area (Å²) in [6.07, 6.45) is 9.74. The van der Waals surface area contributed by atoms with Crippen LogP contribution in [0.4, 0.5) is 0 Å². The zero-order valence-corrected chi connectivity index (χ0v) is 14.9. The van der Waals surface area contributed by atoms with Crippen LogP contribution in [0.1, 0.15) is 64.2 Å². The summed E-state index contributed by atoms with van der Waals surface area (Å²) in [6.45, 7) is 0.460. The smallest absolute Gasteiger partial charge is 0.225 e. The van der Waals surface area contributed by atoms with Gasteiger partial charge in [-0.2, -0.15) is 0 Å². The molecule has 2 N–H and O–H groups in total. The molecule has 0 aliphatic heterocycles. The van der Waals surface area contributed by atoms with Crippen molar-refractivity contribution in [2.24, 2.45) is 17.8 Å². The Hall–Kier alpha value is -1.10. The summed E-state index contributed by atoms with van der Waals surface area (Å²) in [6, 6.07) is 0.240. The van der Waals surface area contributed by atoms with E-state index in [-0.39, 0.29) is 35.8 Å². The second kappa shape index (κ2) is 7.85. The van der Waals surface area contributed by atoms with E-state index in [1.807, 2.05) is 7.05 Å². The molecule has 3 aliphatic carbocycles. The van der Waals surface area contributed by atoms with Crippen LogP contribution in [0.15, 0.2) is 0 Å². The van der Waals surface area contributed by atoms with Crippen molar-refractivity contribution >= 4 is 11.8 Å². The number of nitrogens with zero attached hydrogens (tertiary/aromatic N) is 1. The van der Waals surface area contributed by atoms with Gasteiger partial charge in [-0.1, -0.05) is 12.8 Å². The van der Waals surface area contributed by atoms with Gasteiger partial charge in [0.05, 0.1) is 6.10 Å². The predicted molar refractivity (Wildman–Crippen MR) is 92.2 cm³/mol. The van der Waals surface area contributed by atoms with Gasteiger partial charge in [0.15, 0.2) is 0 Å². The van der Waals surface area contributed by atoms with Crippen LogP contribution < -0.4 is 5.32 Å². The zero-order valence-electron chi connectivity index (χ0n) is 14.9. The summed E-state index contributed by atoms with van der Waals surface area (Å²) in [5.74, 6) is 1.07. The molecule has 2 amide bonds. The van der Waals surface area contributed by atoms with E-state index < -0.39 is 0 Å². The van der Waals surface area contributed by atoms with E-state index in [1.54, 1.807) is 4.90 Å². The molecule has 24 heavy (non-hydrogen) atoms. The Morgan fingerprint density at radius 3 is 2.21 bits per heavy atom. The maximum atomic E-state index is 12.5.